The maximum Gasteiger partial charge on any atom is 0.125 e. The van der Waals surface area contributed by atoms with Crippen molar-refractivity contribution in [1.82, 2.24) is 9.78 Å². The van der Waals surface area contributed by atoms with Gasteiger partial charge in [0.25, 0.3) is 0 Å². The standard InChI is InChI=1S/C11H17N5/c1-7(2)16-6-9(5-13-16)10-4-8(3)11(12)15-14-10/h5-8H,4H2,1-3H3,(H2,12,15). The molecule has 2 rings (SSSR count). The smallest absolute Gasteiger partial charge is 0.125 e. The summed E-state index contributed by atoms with van der Waals surface area (Å²) in [5.74, 6) is 0.870. The normalized spacial score (nSPS) is 20.9. The molecule has 1 unspecified atom stereocenters. The van der Waals surface area contributed by atoms with Crippen LogP contribution < -0.4 is 5.73 Å². The molecule has 5 nitrogen and oxygen atoms in total. The van der Waals surface area contributed by atoms with E-state index in [0.717, 1.165) is 17.7 Å². The van der Waals surface area contributed by atoms with Crippen molar-refractivity contribution < 1.29 is 0 Å². The molecule has 0 fully saturated rings. The summed E-state index contributed by atoms with van der Waals surface area (Å²) in [5.41, 5.74) is 7.70. The zero-order chi connectivity index (χ0) is 11.7. The Hall–Kier alpha value is -1.65. The van der Waals surface area contributed by atoms with Gasteiger partial charge in [0.2, 0.25) is 0 Å². The number of aromatic nitrogens is 2. The number of amidine groups is 1. The van der Waals surface area contributed by atoms with Gasteiger partial charge in [-0.15, -0.1) is 5.10 Å². The molecular weight excluding hydrogens is 202 g/mol. The van der Waals surface area contributed by atoms with E-state index in [4.69, 9.17) is 5.73 Å². The molecule has 0 bridgehead atoms. The van der Waals surface area contributed by atoms with Crippen molar-refractivity contribution in [2.75, 3.05) is 0 Å². The zero-order valence-corrected chi connectivity index (χ0v) is 9.88. The van der Waals surface area contributed by atoms with Gasteiger partial charge in [-0.05, 0) is 13.8 Å². The number of rotatable bonds is 2. The average molecular weight is 219 g/mol. The molecule has 0 amide bonds. The summed E-state index contributed by atoms with van der Waals surface area (Å²) in [6, 6.07) is 0.365. The quantitative estimate of drug-likeness (QED) is 0.820. The lowest BCUT2D eigenvalue weighted by Crippen LogP contribution is -2.26. The third kappa shape index (κ3) is 1.98. The molecule has 2 heterocycles. The van der Waals surface area contributed by atoms with Gasteiger partial charge in [-0.3, -0.25) is 4.68 Å². The van der Waals surface area contributed by atoms with E-state index < -0.39 is 0 Å². The Morgan fingerprint density at radius 2 is 2.19 bits per heavy atom. The fourth-order valence-corrected chi connectivity index (χ4v) is 1.60. The highest BCUT2D eigenvalue weighted by molar-refractivity contribution is 6.04. The maximum atomic E-state index is 5.69. The summed E-state index contributed by atoms with van der Waals surface area (Å²) in [6.45, 7) is 6.25. The molecular formula is C11H17N5. The van der Waals surface area contributed by atoms with Crippen molar-refractivity contribution in [3.8, 4) is 0 Å². The lowest BCUT2D eigenvalue weighted by molar-refractivity contribution is 0.532. The zero-order valence-electron chi connectivity index (χ0n) is 9.88. The van der Waals surface area contributed by atoms with Gasteiger partial charge in [0.1, 0.15) is 5.84 Å². The third-order valence-corrected chi connectivity index (χ3v) is 2.75. The summed E-state index contributed by atoms with van der Waals surface area (Å²) in [7, 11) is 0. The summed E-state index contributed by atoms with van der Waals surface area (Å²) >= 11 is 0. The van der Waals surface area contributed by atoms with Crippen LogP contribution in [0.5, 0.6) is 0 Å². The molecule has 1 aliphatic heterocycles. The van der Waals surface area contributed by atoms with Crippen LogP contribution >= 0.6 is 0 Å². The fraction of sp³-hybridized carbons (Fsp3) is 0.545. The van der Waals surface area contributed by atoms with Crippen molar-refractivity contribution in [2.45, 2.75) is 33.2 Å². The van der Waals surface area contributed by atoms with E-state index in [2.05, 4.69) is 36.1 Å². The van der Waals surface area contributed by atoms with Crippen molar-refractivity contribution in [3.05, 3.63) is 18.0 Å². The predicted molar refractivity (Wildman–Crippen MR) is 64.6 cm³/mol. The fourth-order valence-electron chi connectivity index (χ4n) is 1.60. The van der Waals surface area contributed by atoms with E-state index in [1.165, 1.54) is 0 Å². The van der Waals surface area contributed by atoms with E-state index in [-0.39, 0.29) is 5.92 Å². The molecule has 16 heavy (non-hydrogen) atoms. The molecule has 0 saturated carbocycles. The third-order valence-electron chi connectivity index (χ3n) is 2.75. The first-order valence-corrected chi connectivity index (χ1v) is 5.52. The highest BCUT2D eigenvalue weighted by Gasteiger charge is 2.18. The Labute approximate surface area is 95.1 Å². The first-order chi connectivity index (χ1) is 7.58. The van der Waals surface area contributed by atoms with E-state index in [1.54, 1.807) is 0 Å². The SMILES string of the molecule is CC1CC(c2cnn(C(C)C)c2)=NN=C1N. The summed E-state index contributed by atoms with van der Waals surface area (Å²) < 4.78 is 1.92. The molecule has 86 valence electrons. The van der Waals surface area contributed by atoms with Crippen LogP contribution in [0.25, 0.3) is 0 Å². The second kappa shape index (κ2) is 4.08. The Balaban J connectivity index is 2.25. The molecule has 0 aromatic carbocycles. The predicted octanol–water partition coefficient (Wildman–Crippen LogP) is 1.57. The van der Waals surface area contributed by atoms with E-state index >= 15 is 0 Å². The van der Waals surface area contributed by atoms with Crippen LogP contribution in [0.2, 0.25) is 0 Å². The number of hydrogen-bond acceptors (Lipinski definition) is 4. The van der Waals surface area contributed by atoms with Crippen molar-refractivity contribution >= 4 is 11.5 Å². The van der Waals surface area contributed by atoms with Crippen molar-refractivity contribution in [2.24, 2.45) is 21.9 Å². The van der Waals surface area contributed by atoms with Gasteiger partial charge in [-0.2, -0.15) is 10.2 Å². The minimum Gasteiger partial charge on any atom is -0.385 e. The molecule has 1 aromatic rings. The second-order valence-electron chi connectivity index (χ2n) is 4.48. The van der Waals surface area contributed by atoms with Crippen molar-refractivity contribution in [1.29, 1.82) is 0 Å². The van der Waals surface area contributed by atoms with Crippen LogP contribution in [0, 0.1) is 5.92 Å². The van der Waals surface area contributed by atoms with E-state index in [0.29, 0.717) is 11.9 Å². The molecule has 0 aliphatic carbocycles. The Morgan fingerprint density at radius 3 is 2.75 bits per heavy atom. The minimum atomic E-state index is 0.259. The maximum absolute atomic E-state index is 5.69. The number of nitrogens with two attached hydrogens (primary N) is 1. The molecule has 1 atom stereocenters. The molecule has 1 aromatic heterocycles. The number of hydrogen-bond donors (Lipinski definition) is 1. The molecule has 0 spiro atoms. The summed E-state index contributed by atoms with van der Waals surface area (Å²) in [6.07, 6.45) is 4.68. The monoisotopic (exact) mass is 219 g/mol. The van der Waals surface area contributed by atoms with E-state index in [9.17, 15) is 0 Å². The summed E-state index contributed by atoms with van der Waals surface area (Å²) in [4.78, 5) is 0. The lowest BCUT2D eigenvalue weighted by atomic mass is 9.99. The van der Waals surface area contributed by atoms with Gasteiger partial charge in [0.15, 0.2) is 0 Å². The molecule has 2 N–H and O–H groups in total. The van der Waals surface area contributed by atoms with Gasteiger partial charge < -0.3 is 5.73 Å². The van der Waals surface area contributed by atoms with Gasteiger partial charge in [-0.25, -0.2) is 0 Å². The molecule has 1 aliphatic rings. The van der Waals surface area contributed by atoms with Gasteiger partial charge in [0.05, 0.1) is 11.9 Å². The first kappa shape index (κ1) is 10.9. The van der Waals surface area contributed by atoms with Crippen LogP contribution in [-0.2, 0) is 0 Å². The molecule has 5 heteroatoms. The molecule has 0 radical (unpaired) electrons. The Kier molecular flexibility index (Phi) is 2.77. The van der Waals surface area contributed by atoms with Crippen LogP contribution in [-0.4, -0.2) is 21.3 Å². The van der Waals surface area contributed by atoms with Crippen LogP contribution in [0.1, 0.15) is 38.8 Å². The second-order valence-corrected chi connectivity index (χ2v) is 4.48. The average Bonchev–Trinajstić information content (AvgIpc) is 2.71. The van der Waals surface area contributed by atoms with Crippen molar-refractivity contribution in [3.63, 3.8) is 0 Å². The van der Waals surface area contributed by atoms with Gasteiger partial charge >= 0.3 is 0 Å². The van der Waals surface area contributed by atoms with Gasteiger partial charge in [-0.1, -0.05) is 6.92 Å². The highest BCUT2D eigenvalue weighted by atomic mass is 15.3. The first-order valence-electron chi connectivity index (χ1n) is 5.52. The molecule has 0 saturated heterocycles. The van der Waals surface area contributed by atoms with Crippen LogP contribution in [0.3, 0.4) is 0 Å². The topological polar surface area (TPSA) is 68.6 Å². The van der Waals surface area contributed by atoms with Crippen LogP contribution in [0.4, 0.5) is 0 Å². The summed E-state index contributed by atoms with van der Waals surface area (Å²) in [5, 5.41) is 12.4. The Morgan fingerprint density at radius 1 is 1.44 bits per heavy atom. The lowest BCUT2D eigenvalue weighted by Gasteiger charge is -2.14. The van der Waals surface area contributed by atoms with Crippen LogP contribution in [0.15, 0.2) is 22.6 Å². The van der Waals surface area contributed by atoms with E-state index in [1.807, 2.05) is 17.1 Å². The van der Waals surface area contributed by atoms with Gasteiger partial charge in [0, 0.05) is 30.1 Å². The minimum absolute atomic E-state index is 0.259. The largest absolute Gasteiger partial charge is 0.385 e. The highest BCUT2D eigenvalue weighted by Crippen LogP contribution is 2.16. The number of nitrogens with zero attached hydrogens (tertiary/aromatic N) is 4. The Bertz CT molecular complexity index is 441.